The molecule has 4 aromatic rings. The highest BCUT2D eigenvalue weighted by atomic mass is 19.1. The number of hydrogen-bond acceptors (Lipinski definition) is 4. The van der Waals surface area contributed by atoms with Crippen LogP contribution in [-0.4, -0.2) is 25.6 Å². The van der Waals surface area contributed by atoms with E-state index in [1.54, 1.807) is 30.5 Å². The van der Waals surface area contributed by atoms with Gasteiger partial charge in [-0.3, -0.25) is 14.8 Å². The van der Waals surface area contributed by atoms with E-state index in [0.29, 0.717) is 5.56 Å². The summed E-state index contributed by atoms with van der Waals surface area (Å²) in [5.41, 5.74) is 2.22. The molecule has 0 aliphatic rings. The number of rotatable bonds is 4. The van der Waals surface area contributed by atoms with Crippen LogP contribution in [0.2, 0.25) is 0 Å². The van der Waals surface area contributed by atoms with Gasteiger partial charge in [-0.15, -0.1) is 0 Å². The third-order valence-corrected chi connectivity index (χ3v) is 4.69. The number of carboxylic acids is 1. The highest BCUT2D eigenvalue weighted by Crippen LogP contribution is 2.23. The summed E-state index contributed by atoms with van der Waals surface area (Å²) in [6, 6.07) is 11.5. The first-order chi connectivity index (χ1) is 13.9. The number of hydrogen-bond donors (Lipinski definition) is 1. The summed E-state index contributed by atoms with van der Waals surface area (Å²) >= 11 is 0. The van der Waals surface area contributed by atoms with Crippen LogP contribution in [0.5, 0.6) is 0 Å². The molecule has 29 heavy (non-hydrogen) atoms. The number of halogens is 1. The van der Waals surface area contributed by atoms with Crippen molar-refractivity contribution < 1.29 is 14.3 Å². The van der Waals surface area contributed by atoms with E-state index >= 15 is 0 Å². The molecule has 0 saturated carbocycles. The van der Waals surface area contributed by atoms with E-state index in [1.807, 2.05) is 13.0 Å². The Labute approximate surface area is 164 Å². The average molecular weight is 389 g/mol. The zero-order valence-corrected chi connectivity index (χ0v) is 15.5. The molecular formula is C22H16FN3O3. The van der Waals surface area contributed by atoms with Gasteiger partial charge in [0.2, 0.25) is 0 Å². The Balaban J connectivity index is 1.76. The number of aryl methyl sites for hydroxylation is 1. The fourth-order valence-electron chi connectivity index (χ4n) is 3.26. The molecule has 0 spiro atoms. The van der Waals surface area contributed by atoms with Crippen molar-refractivity contribution >= 4 is 16.9 Å². The van der Waals surface area contributed by atoms with Crippen LogP contribution in [-0.2, 0) is 6.54 Å². The zero-order chi connectivity index (χ0) is 20.5. The molecule has 4 rings (SSSR count). The number of nitrogens with zero attached hydrogens (tertiary/aromatic N) is 3. The third-order valence-electron chi connectivity index (χ3n) is 4.69. The van der Waals surface area contributed by atoms with Crippen molar-refractivity contribution in [2.24, 2.45) is 0 Å². The molecule has 0 aliphatic heterocycles. The monoisotopic (exact) mass is 389 g/mol. The van der Waals surface area contributed by atoms with Gasteiger partial charge in [0.25, 0.3) is 5.56 Å². The largest absolute Gasteiger partial charge is 0.478 e. The lowest BCUT2D eigenvalue weighted by molar-refractivity contribution is 0.0698. The van der Waals surface area contributed by atoms with Gasteiger partial charge < -0.3 is 9.67 Å². The smallest absolute Gasteiger partial charge is 0.339 e. The lowest BCUT2D eigenvalue weighted by Gasteiger charge is -2.11. The fraction of sp³-hybridized carbons (Fsp3) is 0.0909. The van der Waals surface area contributed by atoms with Crippen LogP contribution in [0.3, 0.4) is 0 Å². The lowest BCUT2D eigenvalue weighted by Crippen LogP contribution is -2.23. The zero-order valence-electron chi connectivity index (χ0n) is 15.5. The highest BCUT2D eigenvalue weighted by molar-refractivity contribution is 6.00. The summed E-state index contributed by atoms with van der Waals surface area (Å²) in [6.07, 6.45) is 4.30. The van der Waals surface area contributed by atoms with Crippen LogP contribution in [0, 0.1) is 12.7 Å². The maximum atomic E-state index is 14.8. The molecule has 6 nitrogen and oxygen atoms in total. The Hall–Kier alpha value is -3.87. The van der Waals surface area contributed by atoms with Gasteiger partial charge in [0.05, 0.1) is 17.4 Å². The van der Waals surface area contributed by atoms with E-state index < -0.39 is 17.3 Å². The molecule has 0 radical (unpaired) electrons. The molecule has 3 aromatic heterocycles. The summed E-state index contributed by atoms with van der Waals surface area (Å²) in [7, 11) is 0. The normalized spacial score (nSPS) is 11.0. The molecule has 0 atom stereocenters. The van der Waals surface area contributed by atoms with E-state index in [0.717, 1.165) is 11.3 Å². The second-order valence-electron chi connectivity index (χ2n) is 6.67. The van der Waals surface area contributed by atoms with Gasteiger partial charge in [-0.05, 0) is 48.4 Å². The van der Waals surface area contributed by atoms with Gasteiger partial charge in [0.15, 0.2) is 0 Å². The first kappa shape index (κ1) is 18.5. The molecule has 3 heterocycles. The van der Waals surface area contributed by atoms with Crippen LogP contribution < -0.4 is 5.56 Å². The third kappa shape index (κ3) is 3.50. The molecule has 0 saturated heterocycles. The van der Waals surface area contributed by atoms with Crippen molar-refractivity contribution in [3.8, 4) is 11.1 Å². The molecular weight excluding hydrogens is 373 g/mol. The van der Waals surface area contributed by atoms with Gasteiger partial charge in [-0.2, -0.15) is 0 Å². The Morgan fingerprint density at radius 3 is 2.62 bits per heavy atom. The van der Waals surface area contributed by atoms with E-state index in [4.69, 9.17) is 0 Å². The van der Waals surface area contributed by atoms with Crippen molar-refractivity contribution in [1.29, 1.82) is 0 Å². The summed E-state index contributed by atoms with van der Waals surface area (Å²) in [5.74, 6) is -1.68. The lowest BCUT2D eigenvalue weighted by atomic mass is 10.0. The van der Waals surface area contributed by atoms with Crippen LogP contribution in [0.25, 0.3) is 22.0 Å². The predicted molar refractivity (Wildman–Crippen MR) is 106 cm³/mol. The summed E-state index contributed by atoms with van der Waals surface area (Å²) in [6.45, 7) is 1.76. The van der Waals surface area contributed by atoms with Crippen molar-refractivity contribution in [2.75, 3.05) is 0 Å². The Morgan fingerprint density at radius 2 is 1.90 bits per heavy atom. The van der Waals surface area contributed by atoms with E-state index in [-0.39, 0.29) is 28.6 Å². The minimum atomic E-state index is -1.20. The van der Waals surface area contributed by atoms with Crippen LogP contribution >= 0.6 is 0 Å². The number of carbonyl (C=O) groups is 1. The maximum absolute atomic E-state index is 14.8. The van der Waals surface area contributed by atoms with Gasteiger partial charge in [-0.1, -0.05) is 12.1 Å². The summed E-state index contributed by atoms with van der Waals surface area (Å²) in [5, 5.41) is 9.65. The van der Waals surface area contributed by atoms with Crippen LogP contribution in [0.15, 0.2) is 65.8 Å². The molecule has 144 valence electrons. The molecule has 1 N–H and O–H groups in total. The Bertz CT molecular complexity index is 1310. The Morgan fingerprint density at radius 1 is 1.10 bits per heavy atom. The number of benzene rings is 1. The second-order valence-corrected chi connectivity index (χ2v) is 6.67. The van der Waals surface area contributed by atoms with E-state index in [9.17, 15) is 19.1 Å². The molecule has 0 fully saturated rings. The number of aromatic nitrogens is 3. The molecule has 1 aromatic carbocycles. The predicted octanol–water partition coefficient (Wildman–Crippen LogP) is 3.65. The second kappa shape index (κ2) is 7.27. The van der Waals surface area contributed by atoms with Crippen molar-refractivity contribution in [3.63, 3.8) is 0 Å². The maximum Gasteiger partial charge on any atom is 0.339 e. The minimum absolute atomic E-state index is 0.0918. The van der Waals surface area contributed by atoms with Crippen molar-refractivity contribution in [2.45, 2.75) is 13.5 Å². The topological polar surface area (TPSA) is 85.1 Å². The van der Waals surface area contributed by atoms with E-state index in [2.05, 4.69) is 9.97 Å². The summed E-state index contributed by atoms with van der Waals surface area (Å²) in [4.78, 5) is 32.5. The average Bonchev–Trinajstić information content (AvgIpc) is 2.71. The molecule has 0 bridgehead atoms. The number of pyridine rings is 3. The standard InChI is InChI=1S/C22H16FN3O3/c1-13-9-15(6-8-24-13)14-4-5-16(19(23)10-14)11-26-12-18(22(28)29)20-17(21(26)27)3-2-7-25-20/h2-10,12H,11H2,1H3,(H,28,29). The highest BCUT2D eigenvalue weighted by Gasteiger charge is 2.16. The first-order valence-corrected chi connectivity index (χ1v) is 8.87. The molecule has 0 amide bonds. The Kier molecular flexibility index (Phi) is 4.64. The molecule has 7 heteroatoms. The molecule has 0 unspecified atom stereocenters. The van der Waals surface area contributed by atoms with Crippen molar-refractivity contribution in [3.05, 3.63) is 94.0 Å². The van der Waals surface area contributed by atoms with Gasteiger partial charge in [0.1, 0.15) is 11.4 Å². The number of fused-ring (bicyclic) bond motifs is 1. The SMILES string of the molecule is Cc1cc(-c2ccc(Cn3cc(C(=O)O)c4ncccc4c3=O)c(F)c2)ccn1. The first-order valence-electron chi connectivity index (χ1n) is 8.87. The van der Waals surface area contributed by atoms with Crippen LogP contribution in [0.4, 0.5) is 4.39 Å². The summed E-state index contributed by atoms with van der Waals surface area (Å²) < 4.78 is 16.0. The molecule has 0 aliphatic carbocycles. The minimum Gasteiger partial charge on any atom is -0.478 e. The van der Waals surface area contributed by atoms with Crippen LogP contribution in [0.1, 0.15) is 21.6 Å². The fourth-order valence-corrected chi connectivity index (χ4v) is 3.26. The number of carboxylic acid groups (broad SMARTS) is 1. The van der Waals surface area contributed by atoms with E-state index in [1.165, 1.54) is 29.1 Å². The number of aromatic carboxylic acids is 1. The van der Waals surface area contributed by atoms with Gasteiger partial charge in [0, 0.05) is 29.8 Å². The van der Waals surface area contributed by atoms with Gasteiger partial charge >= 0.3 is 5.97 Å². The van der Waals surface area contributed by atoms with Gasteiger partial charge in [-0.25, -0.2) is 9.18 Å². The quantitative estimate of drug-likeness (QED) is 0.576. The van der Waals surface area contributed by atoms with Crippen molar-refractivity contribution in [1.82, 2.24) is 14.5 Å².